The molecule has 4 saturated carbocycles. The minimum atomic E-state index is -1.69. The molecule has 5 N–H and O–H groups in total. The summed E-state index contributed by atoms with van der Waals surface area (Å²) in [5, 5.41) is 53.6. The molecule has 2 aromatic rings. The molecule has 0 radical (unpaired) electrons. The van der Waals surface area contributed by atoms with E-state index in [1.807, 2.05) is 13.8 Å². The number of phenols is 1. The van der Waals surface area contributed by atoms with Crippen LogP contribution in [0.3, 0.4) is 0 Å². The number of carbonyl (C=O) groups excluding carboxylic acids is 2. The molecule has 0 aromatic heterocycles. The second-order valence-electron chi connectivity index (χ2n) is 13.5. The molecule has 2 saturated heterocycles. The van der Waals surface area contributed by atoms with E-state index < -0.39 is 82.5 Å². The monoisotopic (exact) mass is 610 g/mol. The first kappa shape index (κ1) is 28.4. The first-order valence-corrected chi connectivity index (χ1v) is 14.8. The van der Waals surface area contributed by atoms with E-state index in [2.05, 4.69) is 0 Å². The van der Waals surface area contributed by atoms with Gasteiger partial charge in [0.25, 0.3) is 0 Å². The zero-order valence-electron chi connectivity index (χ0n) is 24.1. The third-order valence-corrected chi connectivity index (χ3v) is 11.9. The van der Waals surface area contributed by atoms with E-state index in [0.717, 1.165) is 0 Å². The fraction of sp³-hybridized carbons (Fsp3) is 0.562. The van der Waals surface area contributed by atoms with Crippen LogP contribution in [-0.4, -0.2) is 104 Å². The third-order valence-electron chi connectivity index (χ3n) is 11.9. The molecule has 0 bridgehead atoms. The van der Waals surface area contributed by atoms with Crippen LogP contribution in [0.5, 0.6) is 5.75 Å². The van der Waals surface area contributed by atoms with Crippen LogP contribution in [0.15, 0.2) is 54.6 Å². The van der Waals surface area contributed by atoms with Crippen molar-refractivity contribution in [2.24, 2.45) is 16.7 Å². The van der Waals surface area contributed by atoms with Gasteiger partial charge in [-0.2, -0.15) is 0 Å². The van der Waals surface area contributed by atoms with Gasteiger partial charge in [-0.05, 0) is 56.7 Å². The standard InChI is InChI=1S/C32H34O12/c1-27-14-30(39)20-12-31(28(2,44-27)32(27,30)29(20,31)15-41-25(38)16-6-4-3-5-7-16)43-26-23(36)22(35)21(34)19(42-26)13-40-24(37)17-8-10-18(33)11-9-17/h3-11,19-23,26,33-36,39H,12-15H2,1-2H3/t19-,20?,21-,22+,23-,26+,27+,28?,29?,30-,31?,32?/m1/s1. The maximum Gasteiger partial charge on any atom is 0.338 e. The number of fused-ring (bicyclic) bond motifs is 2. The highest BCUT2D eigenvalue weighted by molar-refractivity contribution is 5.90. The van der Waals surface area contributed by atoms with Gasteiger partial charge in [0.05, 0.1) is 33.2 Å². The van der Waals surface area contributed by atoms with E-state index in [-0.39, 0.29) is 23.8 Å². The lowest BCUT2D eigenvalue weighted by Crippen LogP contribution is -3.22. The lowest BCUT2D eigenvalue weighted by Gasteiger charge is -3.10. The molecule has 0 amide bonds. The van der Waals surface area contributed by atoms with Crippen molar-refractivity contribution >= 4 is 11.9 Å². The summed E-state index contributed by atoms with van der Waals surface area (Å²) in [6, 6.07) is 14.0. The molecule has 234 valence electrons. The molecule has 2 aliphatic heterocycles. The van der Waals surface area contributed by atoms with Gasteiger partial charge in [0.2, 0.25) is 0 Å². The van der Waals surface area contributed by atoms with Crippen molar-refractivity contribution in [2.45, 2.75) is 79.8 Å². The highest BCUT2D eigenvalue weighted by Gasteiger charge is 3.18. The molecular formula is C32H34O12. The summed E-state index contributed by atoms with van der Waals surface area (Å²) in [6.45, 7) is 3.27. The van der Waals surface area contributed by atoms with Crippen molar-refractivity contribution < 1.29 is 58.8 Å². The summed E-state index contributed by atoms with van der Waals surface area (Å²) in [4.78, 5) is 25.5. The second-order valence-corrected chi connectivity index (χ2v) is 13.5. The van der Waals surface area contributed by atoms with E-state index in [0.29, 0.717) is 18.4 Å². The molecule has 8 rings (SSSR count). The minimum Gasteiger partial charge on any atom is -0.508 e. The molecule has 6 fully saturated rings. The summed E-state index contributed by atoms with van der Waals surface area (Å²) in [7, 11) is 0. The number of phenolic OH excluding ortho intramolecular Hbond substituents is 1. The number of esters is 2. The van der Waals surface area contributed by atoms with Crippen LogP contribution in [0.1, 0.15) is 47.4 Å². The maximum absolute atomic E-state index is 13.0. The van der Waals surface area contributed by atoms with Gasteiger partial charge >= 0.3 is 11.9 Å². The van der Waals surface area contributed by atoms with Gasteiger partial charge in [-0.25, -0.2) is 9.59 Å². The molecule has 12 heteroatoms. The second kappa shape index (κ2) is 8.58. The van der Waals surface area contributed by atoms with Crippen LogP contribution in [0.2, 0.25) is 0 Å². The van der Waals surface area contributed by atoms with E-state index in [9.17, 15) is 35.1 Å². The van der Waals surface area contributed by atoms with Gasteiger partial charge in [0.15, 0.2) is 6.29 Å². The van der Waals surface area contributed by atoms with Gasteiger partial charge < -0.3 is 49.2 Å². The zero-order chi connectivity index (χ0) is 31.1. The number of aliphatic hydroxyl groups excluding tert-OH is 3. The number of hydrogen-bond donors (Lipinski definition) is 5. The van der Waals surface area contributed by atoms with Gasteiger partial charge in [0.1, 0.15) is 54.6 Å². The predicted octanol–water partition coefficient (Wildman–Crippen LogP) is 0.671. The van der Waals surface area contributed by atoms with Crippen LogP contribution in [0.4, 0.5) is 0 Å². The Bertz CT molecular complexity index is 1550. The number of ether oxygens (including phenoxy) is 5. The van der Waals surface area contributed by atoms with Gasteiger partial charge in [-0.3, -0.25) is 0 Å². The van der Waals surface area contributed by atoms with E-state index in [1.165, 1.54) is 24.3 Å². The third kappa shape index (κ3) is 2.78. The SMILES string of the molecule is CC12O[C@@]3(C)C[C@@]4(O)C5CC1(O[C@@H]1O[C@H](COC(=O)c6ccc(O)cc6)[C@@H](O)[C@H](O)[C@H]1O)C5(COC(=O)c1ccccc1)C243. The van der Waals surface area contributed by atoms with E-state index >= 15 is 0 Å². The number of aliphatic hydroxyl groups is 4. The summed E-state index contributed by atoms with van der Waals surface area (Å²) < 4.78 is 30.2. The number of benzene rings is 2. The molecule has 2 aromatic carbocycles. The van der Waals surface area contributed by atoms with Gasteiger partial charge in [-0.1, -0.05) is 18.2 Å². The molecule has 44 heavy (non-hydrogen) atoms. The molecular weight excluding hydrogens is 576 g/mol. The Morgan fingerprint density at radius 3 is 2.25 bits per heavy atom. The van der Waals surface area contributed by atoms with Gasteiger partial charge in [-0.15, -0.1) is 0 Å². The fourth-order valence-corrected chi connectivity index (χ4v) is 10.7. The number of carbonyl (C=O) groups is 2. The van der Waals surface area contributed by atoms with Crippen LogP contribution in [0, 0.1) is 16.7 Å². The molecule has 6 aliphatic rings. The number of rotatable bonds is 8. The largest absolute Gasteiger partial charge is 0.508 e. The highest BCUT2D eigenvalue weighted by Crippen LogP contribution is 3.06. The Morgan fingerprint density at radius 1 is 0.909 bits per heavy atom. The topological polar surface area (TPSA) is 181 Å². The number of hydrogen-bond acceptors (Lipinski definition) is 12. The highest BCUT2D eigenvalue weighted by atomic mass is 16.7. The van der Waals surface area contributed by atoms with Crippen molar-refractivity contribution in [3.8, 4) is 5.75 Å². The van der Waals surface area contributed by atoms with E-state index in [4.69, 9.17) is 23.7 Å². The summed E-state index contributed by atoms with van der Waals surface area (Å²) >= 11 is 0. The average Bonchev–Trinajstić information content (AvgIpc) is 2.99. The van der Waals surface area contributed by atoms with Crippen LogP contribution in [0.25, 0.3) is 0 Å². The van der Waals surface area contributed by atoms with Crippen molar-refractivity contribution in [1.29, 1.82) is 0 Å². The van der Waals surface area contributed by atoms with Crippen LogP contribution >= 0.6 is 0 Å². The zero-order valence-corrected chi connectivity index (χ0v) is 24.1. The smallest absolute Gasteiger partial charge is 0.338 e. The van der Waals surface area contributed by atoms with E-state index in [1.54, 1.807) is 30.3 Å². The molecule has 1 spiro atoms. The van der Waals surface area contributed by atoms with Crippen molar-refractivity contribution in [2.75, 3.05) is 13.2 Å². The quantitative estimate of drug-likeness (QED) is 0.264. The summed E-state index contributed by atoms with van der Waals surface area (Å²) in [5.74, 6) is -1.53. The fourth-order valence-electron chi connectivity index (χ4n) is 10.7. The summed E-state index contributed by atoms with van der Waals surface area (Å²) in [6.07, 6.45) is -6.89. The normalized spacial score (nSPS) is 48.5. The van der Waals surface area contributed by atoms with Crippen molar-refractivity contribution in [3.63, 3.8) is 0 Å². The lowest BCUT2D eigenvalue weighted by molar-refractivity contribution is -0.734. The average molecular weight is 611 g/mol. The molecule has 2 heterocycles. The maximum atomic E-state index is 13.0. The molecule has 5 unspecified atom stereocenters. The first-order chi connectivity index (χ1) is 20.8. The Hall–Kier alpha value is -3.10. The Balaban J connectivity index is 1.04. The molecule has 12 atom stereocenters. The molecule has 4 aliphatic carbocycles. The predicted molar refractivity (Wildman–Crippen MR) is 146 cm³/mol. The Kier molecular flexibility index (Phi) is 5.53. The summed E-state index contributed by atoms with van der Waals surface area (Å²) in [5.41, 5.74) is -4.83. The lowest BCUT2D eigenvalue weighted by atomic mass is 9.00. The number of aromatic hydroxyl groups is 1. The minimum absolute atomic E-state index is 0.0241. The first-order valence-electron chi connectivity index (χ1n) is 14.8. The van der Waals surface area contributed by atoms with Crippen molar-refractivity contribution in [3.05, 3.63) is 65.7 Å². The van der Waals surface area contributed by atoms with Crippen LogP contribution in [-0.2, 0) is 23.7 Å². The van der Waals surface area contributed by atoms with Crippen molar-refractivity contribution in [1.82, 2.24) is 0 Å². The van der Waals surface area contributed by atoms with Gasteiger partial charge in [0, 0.05) is 12.3 Å². The Labute approximate surface area is 252 Å². The Morgan fingerprint density at radius 2 is 1.57 bits per heavy atom. The molecule has 12 nitrogen and oxygen atoms in total. The van der Waals surface area contributed by atoms with Crippen LogP contribution < -0.4 is 0 Å².